The van der Waals surface area contributed by atoms with Gasteiger partial charge in [0.15, 0.2) is 5.82 Å². The normalized spacial score (nSPS) is 10.2. The number of benzene rings is 1. The number of anilines is 1. The van der Waals surface area contributed by atoms with Crippen molar-refractivity contribution in [1.82, 2.24) is 15.0 Å². The van der Waals surface area contributed by atoms with Gasteiger partial charge in [0.1, 0.15) is 0 Å². The predicted octanol–water partition coefficient (Wildman–Crippen LogP) is 3.10. The molecular formula is C17H14N4O. The number of aromatic nitrogens is 3. The molecule has 0 aliphatic carbocycles. The molecule has 0 saturated carbocycles. The zero-order chi connectivity index (χ0) is 15.4. The van der Waals surface area contributed by atoms with E-state index in [0.717, 1.165) is 11.3 Å². The molecule has 0 saturated heterocycles. The lowest BCUT2D eigenvalue weighted by Gasteiger charge is -2.07. The number of carbonyl (C=O) groups excluding carboxylic acids is 1. The first kappa shape index (κ1) is 13.9. The number of hydrogen-bond acceptors (Lipinski definition) is 4. The molecular weight excluding hydrogens is 276 g/mol. The van der Waals surface area contributed by atoms with Gasteiger partial charge in [-0.3, -0.25) is 9.78 Å². The lowest BCUT2D eigenvalue weighted by molar-refractivity contribution is 0.102. The second kappa shape index (κ2) is 6.13. The maximum absolute atomic E-state index is 12.1. The van der Waals surface area contributed by atoms with Gasteiger partial charge in [-0.05, 0) is 37.3 Å². The monoisotopic (exact) mass is 290 g/mol. The van der Waals surface area contributed by atoms with Gasteiger partial charge in [0.25, 0.3) is 5.91 Å². The fourth-order valence-corrected chi connectivity index (χ4v) is 2.02. The van der Waals surface area contributed by atoms with Gasteiger partial charge in [0.05, 0.1) is 5.56 Å². The van der Waals surface area contributed by atoms with Gasteiger partial charge < -0.3 is 5.32 Å². The molecule has 1 aromatic carbocycles. The number of carbonyl (C=O) groups is 1. The molecule has 0 radical (unpaired) electrons. The van der Waals surface area contributed by atoms with Crippen molar-refractivity contribution in [2.24, 2.45) is 0 Å². The number of rotatable bonds is 3. The number of nitrogens with one attached hydrogen (secondary N) is 1. The third-order valence-electron chi connectivity index (χ3n) is 3.10. The fourth-order valence-electron chi connectivity index (χ4n) is 2.02. The van der Waals surface area contributed by atoms with Crippen LogP contribution in [0, 0.1) is 6.92 Å². The van der Waals surface area contributed by atoms with E-state index in [1.807, 2.05) is 37.3 Å². The zero-order valence-electron chi connectivity index (χ0n) is 12.0. The Labute approximate surface area is 128 Å². The van der Waals surface area contributed by atoms with Crippen LogP contribution in [-0.2, 0) is 0 Å². The van der Waals surface area contributed by atoms with Crippen molar-refractivity contribution in [2.45, 2.75) is 6.92 Å². The SMILES string of the molecule is Cc1ccnc(-c2cccc(NC(=O)c3cccnc3)c2)n1. The summed E-state index contributed by atoms with van der Waals surface area (Å²) in [6, 6.07) is 12.7. The minimum absolute atomic E-state index is 0.199. The Kier molecular flexibility index (Phi) is 3.87. The van der Waals surface area contributed by atoms with Crippen molar-refractivity contribution in [3.05, 3.63) is 72.3 Å². The largest absolute Gasteiger partial charge is 0.322 e. The molecule has 3 aromatic rings. The number of pyridine rings is 1. The van der Waals surface area contributed by atoms with Gasteiger partial charge in [-0.2, -0.15) is 0 Å². The summed E-state index contributed by atoms with van der Waals surface area (Å²) in [5.41, 5.74) is 2.96. The molecule has 0 spiro atoms. The summed E-state index contributed by atoms with van der Waals surface area (Å²) in [6.45, 7) is 1.92. The summed E-state index contributed by atoms with van der Waals surface area (Å²) >= 11 is 0. The van der Waals surface area contributed by atoms with Crippen LogP contribution < -0.4 is 5.32 Å². The number of nitrogens with zero attached hydrogens (tertiary/aromatic N) is 3. The number of aryl methyl sites for hydroxylation is 1. The van der Waals surface area contributed by atoms with E-state index in [0.29, 0.717) is 17.1 Å². The van der Waals surface area contributed by atoms with Gasteiger partial charge in [0.2, 0.25) is 0 Å². The second-order valence-electron chi connectivity index (χ2n) is 4.80. The highest BCUT2D eigenvalue weighted by Gasteiger charge is 2.07. The molecule has 0 unspecified atom stereocenters. The van der Waals surface area contributed by atoms with Crippen LogP contribution in [0.3, 0.4) is 0 Å². The van der Waals surface area contributed by atoms with Crippen LogP contribution in [0.15, 0.2) is 61.1 Å². The third kappa shape index (κ3) is 3.15. The molecule has 0 atom stereocenters. The van der Waals surface area contributed by atoms with E-state index < -0.39 is 0 Å². The van der Waals surface area contributed by atoms with E-state index in [-0.39, 0.29) is 5.91 Å². The second-order valence-corrected chi connectivity index (χ2v) is 4.80. The Morgan fingerprint density at radius 2 is 2.00 bits per heavy atom. The molecule has 0 aliphatic heterocycles. The summed E-state index contributed by atoms with van der Waals surface area (Å²) in [5.74, 6) is 0.438. The molecule has 0 aliphatic rings. The Balaban J connectivity index is 1.84. The average Bonchev–Trinajstić information content (AvgIpc) is 2.56. The van der Waals surface area contributed by atoms with Crippen LogP contribution in [0.1, 0.15) is 16.1 Å². The Bertz CT molecular complexity index is 803. The third-order valence-corrected chi connectivity index (χ3v) is 3.10. The Hall–Kier alpha value is -3.08. The molecule has 0 fully saturated rings. The lowest BCUT2D eigenvalue weighted by atomic mass is 10.1. The van der Waals surface area contributed by atoms with Crippen molar-refractivity contribution in [2.75, 3.05) is 5.32 Å². The molecule has 0 bridgehead atoms. The molecule has 5 heteroatoms. The average molecular weight is 290 g/mol. The molecule has 3 rings (SSSR count). The van der Waals surface area contributed by atoms with E-state index in [1.165, 1.54) is 6.20 Å². The van der Waals surface area contributed by atoms with Crippen LogP contribution >= 0.6 is 0 Å². The predicted molar refractivity (Wildman–Crippen MR) is 84.4 cm³/mol. The summed E-state index contributed by atoms with van der Waals surface area (Å²) in [4.78, 5) is 24.7. The minimum atomic E-state index is -0.199. The molecule has 5 nitrogen and oxygen atoms in total. The van der Waals surface area contributed by atoms with Crippen LogP contribution in [0.5, 0.6) is 0 Å². The van der Waals surface area contributed by atoms with Gasteiger partial charge in [-0.15, -0.1) is 0 Å². The van der Waals surface area contributed by atoms with E-state index in [1.54, 1.807) is 24.5 Å². The van der Waals surface area contributed by atoms with Gasteiger partial charge in [-0.25, -0.2) is 9.97 Å². The van der Waals surface area contributed by atoms with Gasteiger partial charge in [-0.1, -0.05) is 12.1 Å². The van der Waals surface area contributed by atoms with Gasteiger partial charge in [0, 0.05) is 35.5 Å². The molecule has 22 heavy (non-hydrogen) atoms. The van der Waals surface area contributed by atoms with Crippen LogP contribution in [0.25, 0.3) is 11.4 Å². The quantitative estimate of drug-likeness (QED) is 0.804. The maximum atomic E-state index is 12.1. The molecule has 1 N–H and O–H groups in total. The number of hydrogen-bond donors (Lipinski definition) is 1. The number of amides is 1. The smallest absolute Gasteiger partial charge is 0.257 e. The highest BCUT2D eigenvalue weighted by atomic mass is 16.1. The van der Waals surface area contributed by atoms with Crippen molar-refractivity contribution < 1.29 is 4.79 Å². The summed E-state index contributed by atoms with van der Waals surface area (Å²) in [7, 11) is 0. The summed E-state index contributed by atoms with van der Waals surface area (Å²) < 4.78 is 0. The van der Waals surface area contributed by atoms with E-state index in [2.05, 4.69) is 20.3 Å². The first-order valence-corrected chi connectivity index (χ1v) is 6.84. The van der Waals surface area contributed by atoms with Crippen molar-refractivity contribution in [3.8, 4) is 11.4 Å². The summed E-state index contributed by atoms with van der Waals surface area (Å²) in [6.07, 6.45) is 4.88. The first-order valence-electron chi connectivity index (χ1n) is 6.84. The van der Waals surface area contributed by atoms with E-state index >= 15 is 0 Å². The van der Waals surface area contributed by atoms with E-state index in [4.69, 9.17) is 0 Å². The standard InChI is InChI=1S/C17H14N4O/c1-12-7-9-19-16(20-12)13-4-2-6-15(10-13)21-17(22)14-5-3-8-18-11-14/h2-11H,1H3,(H,21,22). The lowest BCUT2D eigenvalue weighted by Crippen LogP contribution is -2.12. The summed E-state index contributed by atoms with van der Waals surface area (Å²) in [5, 5.41) is 2.85. The van der Waals surface area contributed by atoms with Crippen molar-refractivity contribution in [1.29, 1.82) is 0 Å². The Morgan fingerprint density at radius 1 is 1.09 bits per heavy atom. The Morgan fingerprint density at radius 3 is 2.77 bits per heavy atom. The molecule has 2 heterocycles. The zero-order valence-corrected chi connectivity index (χ0v) is 12.0. The maximum Gasteiger partial charge on any atom is 0.257 e. The highest BCUT2D eigenvalue weighted by Crippen LogP contribution is 2.19. The van der Waals surface area contributed by atoms with Crippen LogP contribution in [0.4, 0.5) is 5.69 Å². The highest BCUT2D eigenvalue weighted by molar-refractivity contribution is 6.04. The van der Waals surface area contributed by atoms with Crippen molar-refractivity contribution >= 4 is 11.6 Å². The van der Waals surface area contributed by atoms with Crippen molar-refractivity contribution in [3.63, 3.8) is 0 Å². The first-order chi connectivity index (χ1) is 10.7. The van der Waals surface area contributed by atoms with Crippen LogP contribution in [0.2, 0.25) is 0 Å². The molecule has 2 aromatic heterocycles. The van der Waals surface area contributed by atoms with E-state index in [9.17, 15) is 4.79 Å². The van der Waals surface area contributed by atoms with Gasteiger partial charge >= 0.3 is 0 Å². The fraction of sp³-hybridized carbons (Fsp3) is 0.0588. The minimum Gasteiger partial charge on any atom is -0.322 e. The van der Waals surface area contributed by atoms with Crippen LogP contribution in [-0.4, -0.2) is 20.9 Å². The molecule has 1 amide bonds. The topological polar surface area (TPSA) is 67.8 Å². The molecule has 108 valence electrons.